The Labute approximate surface area is 115 Å². The number of nitrogens with two attached hydrogens (primary N) is 1. The zero-order chi connectivity index (χ0) is 13.2. The predicted molar refractivity (Wildman–Crippen MR) is 80.3 cm³/mol. The van der Waals surface area contributed by atoms with E-state index in [1.54, 1.807) is 0 Å². The topological polar surface area (TPSA) is 26.0 Å². The van der Waals surface area contributed by atoms with Crippen LogP contribution in [0.15, 0.2) is 42.5 Å². The predicted octanol–water partition coefficient (Wildman–Crippen LogP) is 3.59. The standard InChI is InChI=1S/C18H21N/c1-13(19)18-12-16-7-6-14-2-4-15(5-3-14)8-10-17(18)11-9-16/h2-5,9,11-13H,6-8,10,19H2,1H3/t13-/m0/s1. The molecule has 2 aromatic rings. The Morgan fingerprint density at radius 3 is 1.95 bits per heavy atom. The van der Waals surface area contributed by atoms with E-state index in [4.69, 9.17) is 5.73 Å². The van der Waals surface area contributed by atoms with Gasteiger partial charge in [0.05, 0.1) is 0 Å². The molecule has 1 atom stereocenters. The summed E-state index contributed by atoms with van der Waals surface area (Å²) < 4.78 is 0. The Morgan fingerprint density at radius 2 is 1.32 bits per heavy atom. The molecule has 98 valence electrons. The minimum absolute atomic E-state index is 0.124. The molecule has 6 rings (SSSR count). The normalized spacial score (nSPS) is 15.9. The van der Waals surface area contributed by atoms with Crippen LogP contribution < -0.4 is 5.73 Å². The maximum atomic E-state index is 6.13. The summed E-state index contributed by atoms with van der Waals surface area (Å²) in [4.78, 5) is 0. The van der Waals surface area contributed by atoms with Gasteiger partial charge in [-0.1, -0.05) is 42.5 Å². The van der Waals surface area contributed by atoms with Crippen LogP contribution in [0.3, 0.4) is 0 Å². The summed E-state index contributed by atoms with van der Waals surface area (Å²) in [5.74, 6) is 0. The summed E-state index contributed by atoms with van der Waals surface area (Å²) in [5, 5.41) is 0. The molecule has 2 N–H and O–H groups in total. The van der Waals surface area contributed by atoms with Crippen LogP contribution in [0.25, 0.3) is 0 Å². The minimum atomic E-state index is 0.124. The molecule has 0 saturated heterocycles. The van der Waals surface area contributed by atoms with Crippen molar-refractivity contribution in [3.8, 4) is 0 Å². The first-order valence-corrected chi connectivity index (χ1v) is 7.17. The van der Waals surface area contributed by atoms with Crippen molar-refractivity contribution >= 4 is 0 Å². The number of rotatable bonds is 1. The Hall–Kier alpha value is -1.60. The van der Waals surface area contributed by atoms with Crippen LogP contribution >= 0.6 is 0 Å². The third-order valence-corrected chi connectivity index (χ3v) is 4.11. The van der Waals surface area contributed by atoms with Gasteiger partial charge >= 0.3 is 0 Å². The first-order valence-electron chi connectivity index (χ1n) is 7.17. The van der Waals surface area contributed by atoms with Gasteiger partial charge in [-0.3, -0.25) is 0 Å². The Kier molecular flexibility index (Phi) is 3.39. The van der Waals surface area contributed by atoms with E-state index in [2.05, 4.69) is 49.4 Å². The van der Waals surface area contributed by atoms with Crippen molar-refractivity contribution in [2.45, 2.75) is 38.6 Å². The Balaban J connectivity index is 2.01. The Morgan fingerprint density at radius 1 is 0.789 bits per heavy atom. The molecule has 4 aliphatic rings. The maximum Gasteiger partial charge on any atom is 0.0268 e. The lowest BCUT2D eigenvalue weighted by Crippen LogP contribution is -2.10. The molecule has 4 bridgehead atoms. The molecule has 0 amide bonds. The molecule has 2 aromatic carbocycles. The highest BCUT2D eigenvalue weighted by molar-refractivity contribution is 5.36. The van der Waals surface area contributed by atoms with Crippen molar-refractivity contribution in [1.29, 1.82) is 0 Å². The monoisotopic (exact) mass is 251 g/mol. The van der Waals surface area contributed by atoms with E-state index in [0.29, 0.717) is 0 Å². The molecule has 0 fully saturated rings. The summed E-state index contributed by atoms with van der Waals surface area (Å²) in [7, 11) is 0. The number of hydrogen-bond acceptors (Lipinski definition) is 1. The molecule has 0 spiro atoms. The molecule has 1 nitrogen and oxygen atoms in total. The van der Waals surface area contributed by atoms with Crippen LogP contribution in [0.4, 0.5) is 0 Å². The summed E-state index contributed by atoms with van der Waals surface area (Å²) in [6.45, 7) is 2.09. The van der Waals surface area contributed by atoms with Gasteiger partial charge in [-0.05, 0) is 60.4 Å². The van der Waals surface area contributed by atoms with Crippen molar-refractivity contribution in [1.82, 2.24) is 0 Å². The quantitative estimate of drug-likeness (QED) is 0.823. The molecule has 0 heterocycles. The number of hydrogen-bond donors (Lipinski definition) is 1. The van der Waals surface area contributed by atoms with Gasteiger partial charge in [0.1, 0.15) is 0 Å². The average Bonchev–Trinajstić information content (AvgIpc) is 2.41. The number of aryl methyl sites for hydroxylation is 4. The lowest BCUT2D eigenvalue weighted by Gasteiger charge is -2.16. The van der Waals surface area contributed by atoms with Gasteiger partial charge in [0.15, 0.2) is 0 Å². The second-order valence-electron chi connectivity index (χ2n) is 5.64. The minimum Gasteiger partial charge on any atom is -0.324 e. The maximum absolute atomic E-state index is 6.13. The zero-order valence-corrected chi connectivity index (χ0v) is 11.5. The first kappa shape index (κ1) is 12.4. The van der Waals surface area contributed by atoms with Gasteiger partial charge in [0, 0.05) is 6.04 Å². The molecule has 0 aromatic heterocycles. The zero-order valence-electron chi connectivity index (χ0n) is 11.5. The van der Waals surface area contributed by atoms with Crippen molar-refractivity contribution in [3.05, 3.63) is 70.3 Å². The summed E-state index contributed by atoms with van der Waals surface area (Å²) in [6, 6.07) is 16.1. The first-order chi connectivity index (χ1) is 9.22. The van der Waals surface area contributed by atoms with Crippen LogP contribution in [-0.2, 0) is 25.7 Å². The summed E-state index contributed by atoms with van der Waals surface area (Å²) in [6.07, 6.45) is 4.38. The summed E-state index contributed by atoms with van der Waals surface area (Å²) in [5.41, 5.74) is 13.1. The molecular formula is C18H21N. The van der Waals surface area contributed by atoms with Crippen LogP contribution in [0.2, 0.25) is 0 Å². The molecule has 1 heteroatoms. The SMILES string of the molecule is C[C@H](N)c1cc2ccc1CCc1ccc(cc1)CC2. The van der Waals surface area contributed by atoms with Crippen molar-refractivity contribution in [2.75, 3.05) is 0 Å². The van der Waals surface area contributed by atoms with Crippen molar-refractivity contribution in [2.24, 2.45) is 5.73 Å². The third kappa shape index (κ3) is 2.71. The second-order valence-corrected chi connectivity index (χ2v) is 5.64. The fourth-order valence-corrected chi connectivity index (χ4v) is 2.89. The molecule has 0 radical (unpaired) electrons. The molecular weight excluding hydrogens is 230 g/mol. The van der Waals surface area contributed by atoms with Gasteiger partial charge in [0.25, 0.3) is 0 Å². The fourth-order valence-electron chi connectivity index (χ4n) is 2.89. The molecule has 0 aliphatic heterocycles. The number of benzene rings is 2. The molecule has 19 heavy (non-hydrogen) atoms. The van der Waals surface area contributed by atoms with Crippen LogP contribution in [0.5, 0.6) is 0 Å². The van der Waals surface area contributed by atoms with Crippen LogP contribution in [0, 0.1) is 0 Å². The highest BCUT2D eigenvalue weighted by atomic mass is 14.6. The van der Waals surface area contributed by atoms with E-state index in [1.807, 2.05) is 0 Å². The van der Waals surface area contributed by atoms with Gasteiger partial charge in [-0.15, -0.1) is 0 Å². The van der Waals surface area contributed by atoms with E-state index in [-0.39, 0.29) is 6.04 Å². The van der Waals surface area contributed by atoms with Gasteiger partial charge in [0.2, 0.25) is 0 Å². The van der Waals surface area contributed by atoms with Crippen LogP contribution in [-0.4, -0.2) is 0 Å². The van der Waals surface area contributed by atoms with Crippen molar-refractivity contribution in [3.63, 3.8) is 0 Å². The average molecular weight is 251 g/mol. The van der Waals surface area contributed by atoms with E-state index < -0.39 is 0 Å². The molecule has 4 aliphatic carbocycles. The smallest absolute Gasteiger partial charge is 0.0268 e. The lowest BCUT2D eigenvalue weighted by molar-refractivity contribution is 0.785. The van der Waals surface area contributed by atoms with Gasteiger partial charge in [-0.25, -0.2) is 0 Å². The van der Waals surface area contributed by atoms with Gasteiger partial charge < -0.3 is 5.73 Å². The van der Waals surface area contributed by atoms with Gasteiger partial charge in [-0.2, -0.15) is 0 Å². The van der Waals surface area contributed by atoms with E-state index in [1.165, 1.54) is 27.8 Å². The van der Waals surface area contributed by atoms with Crippen molar-refractivity contribution < 1.29 is 0 Å². The largest absolute Gasteiger partial charge is 0.324 e. The van der Waals surface area contributed by atoms with E-state index >= 15 is 0 Å². The van der Waals surface area contributed by atoms with Crippen LogP contribution in [0.1, 0.15) is 40.8 Å². The fraction of sp³-hybridized carbons (Fsp3) is 0.333. The van der Waals surface area contributed by atoms with E-state index in [9.17, 15) is 0 Å². The summed E-state index contributed by atoms with van der Waals surface area (Å²) >= 11 is 0. The molecule has 0 saturated carbocycles. The highest BCUT2D eigenvalue weighted by Gasteiger charge is 2.10. The Bertz CT molecular complexity index is 567. The third-order valence-electron chi connectivity index (χ3n) is 4.11. The van der Waals surface area contributed by atoms with E-state index in [0.717, 1.165) is 25.7 Å². The second kappa shape index (κ2) is 5.18. The lowest BCUT2D eigenvalue weighted by atomic mass is 9.91. The highest BCUT2D eigenvalue weighted by Crippen LogP contribution is 2.22. The molecule has 0 unspecified atom stereocenters.